The molecule has 0 heterocycles. The number of aryl methyl sites for hydroxylation is 4. The van der Waals surface area contributed by atoms with E-state index in [0.717, 1.165) is 0 Å². The Balaban J connectivity index is 2.45. The van der Waals surface area contributed by atoms with E-state index in [1.165, 1.54) is 44.8 Å². The average molecular weight is 253 g/mol. The molecule has 1 nitrogen and oxygen atoms in total. The minimum absolute atomic E-state index is 1.21. The van der Waals surface area contributed by atoms with Gasteiger partial charge in [0, 0.05) is 11.4 Å². The van der Waals surface area contributed by atoms with Crippen molar-refractivity contribution in [3.05, 3.63) is 57.6 Å². The fourth-order valence-electron chi connectivity index (χ4n) is 2.60. The van der Waals surface area contributed by atoms with Crippen LogP contribution in [-0.4, -0.2) is 0 Å². The zero-order valence-electron chi connectivity index (χ0n) is 12.8. The molecule has 0 aliphatic rings. The van der Waals surface area contributed by atoms with Crippen molar-refractivity contribution in [3.63, 3.8) is 0 Å². The topological polar surface area (TPSA) is 12.0 Å². The van der Waals surface area contributed by atoms with Crippen LogP contribution >= 0.6 is 0 Å². The molecule has 19 heavy (non-hydrogen) atoms. The monoisotopic (exact) mass is 253 g/mol. The molecule has 0 bridgehead atoms. The van der Waals surface area contributed by atoms with Crippen LogP contribution in [0.1, 0.15) is 33.4 Å². The van der Waals surface area contributed by atoms with E-state index in [1.54, 1.807) is 0 Å². The van der Waals surface area contributed by atoms with Crippen molar-refractivity contribution in [1.82, 2.24) is 0 Å². The highest BCUT2D eigenvalue weighted by atomic mass is 14.9. The van der Waals surface area contributed by atoms with Crippen LogP contribution in [0.25, 0.3) is 0 Å². The Bertz CT molecular complexity index is 601. The second-order valence-electron chi connectivity index (χ2n) is 5.58. The molecule has 0 saturated heterocycles. The lowest BCUT2D eigenvalue weighted by atomic mass is 10.0. The second-order valence-corrected chi connectivity index (χ2v) is 5.58. The average Bonchev–Trinajstić information content (AvgIpc) is 2.33. The van der Waals surface area contributed by atoms with Crippen LogP contribution in [0.4, 0.5) is 11.4 Å². The van der Waals surface area contributed by atoms with Gasteiger partial charge in [-0.15, -0.1) is 0 Å². The van der Waals surface area contributed by atoms with E-state index in [4.69, 9.17) is 0 Å². The van der Waals surface area contributed by atoms with Gasteiger partial charge in [0.15, 0.2) is 0 Å². The maximum atomic E-state index is 3.60. The molecular formula is C18H23N. The SMILES string of the molecule is Cc1cc(C)c(Nc2ccc(C)c(C)c2C)c(C)c1. The van der Waals surface area contributed by atoms with Gasteiger partial charge in [-0.25, -0.2) is 0 Å². The first kappa shape index (κ1) is 13.7. The Hall–Kier alpha value is -1.76. The summed E-state index contributed by atoms with van der Waals surface area (Å²) in [6, 6.07) is 8.82. The van der Waals surface area contributed by atoms with Gasteiger partial charge >= 0.3 is 0 Å². The smallest absolute Gasteiger partial charge is 0.0443 e. The number of benzene rings is 2. The van der Waals surface area contributed by atoms with Crippen LogP contribution in [0.15, 0.2) is 24.3 Å². The van der Waals surface area contributed by atoms with Gasteiger partial charge in [-0.1, -0.05) is 23.8 Å². The molecule has 0 fully saturated rings. The Labute approximate surface area is 116 Å². The summed E-state index contributed by atoms with van der Waals surface area (Å²) >= 11 is 0. The molecule has 2 aromatic rings. The van der Waals surface area contributed by atoms with Gasteiger partial charge in [-0.05, 0) is 75.4 Å². The Morgan fingerprint density at radius 3 is 1.84 bits per heavy atom. The Morgan fingerprint density at radius 2 is 1.26 bits per heavy atom. The van der Waals surface area contributed by atoms with Crippen molar-refractivity contribution in [3.8, 4) is 0 Å². The summed E-state index contributed by atoms with van der Waals surface area (Å²) in [4.78, 5) is 0. The summed E-state index contributed by atoms with van der Waals surface area (Å²) in [6.07, 6.45) is 0. The van der Waals surface area contributed by atoms with Crippen molar-refractivity contribution in [2.45, 2.75) is 41.5 Å². The summed E-state index contributed by atoms with van der Waals surface area (Å²) in [7, 11) is 0. The van der Waals surface area contributed by atoms with Gasteiger partial charge in [0.2, 0.25) is 0 Å². The van der Waals surface area contributed by atoms with E-state index in [0.29, 0.717) is 0 Å². The Morgan fingerprint density at radius 1 is 0.684 bits per heavy atom. The minimum Gasteiger partial charge on any atom is -0.355 e. The van der Waals surface area contributed by atoms with E-state index >= 15 is 0 Å². The van der Waals surface area contributed by atoms with Crippen molar-refractivity contribution in [2.24, 2.45) is 0 Å². The lowest BCUT2D eigenvalue weighted by Gasteiger charge is -2.17. The lowest BCUT2D eigenvalue weighted by Crippen LogP contribution is -2.00. The predicted molar refractivity (Wildman–Crippen MR) is 84.6 cm³/mol. The normalized spacial score (nSPS) is 10.6. The number of nitrogens with one attached hydrogen (secondary N) is 1. The highest BCUT2D eigenvalue weighted by Crippen LogP contribution is 2.29. The number of hydrogen-bond acceptors (Lipinski definition) is 1. The van der Waals surface area contributed by atoms with Crippen LogP contribution in [-0.2, 0) is 0 Å². The zero-order valence-corrected chi connectivity index (χ0v) is 12.8. The molecule has 100 valence electrons. The van der Waals surface area contributed by atoms with Gasteiger partial charge in [0.1, 0.15) is 0 Å². The fourth-order valence-corrected chi connectivity index (χ4v) is 2.60. The van der Waals surface area contributed by atoms with Crippen molar-refractivity contribution in [2.75, 3.05) is 5.32 Å². The molecule has 0 unspecified atom stereocenters. The van der Waals surface area contributed by atoms with Gasteiger partial charge in [-0.2, -0.15) is 0 Å². The molecule has 0 radical (unpaired) electrons. The molecular weight excluding hydrogens is 230 g/mol. The first-order valence-corrected chi connectivity index (χ1v) is 6.82. The molecule has 0 saturated carbocycles. The summed E-state index contributed by atoms with van der Waals surface area (Å²) < 4.78 is 0. The fraction of sp³-hybridized carbons (Fsp3) is 0.333. The molecule has 0 aliphatic carbocycles. The summed E-state index contributed by atoms with van der Waals surface area (Å²) in [5.41, 5.74) is 10.4. The number of rotatable bonds is 2. The molecule has 1 heteroatoms. The van der Waals surface area contributed by atoms with E-state index in [9.17, 15) is 0 Å². The molecule has 0 spiro atoms. The highest BCUT2D eigenvalue weighted by molar-refractivity contribution is 5.70. The maximum Gasteiger partial charge on any atom is 0.0443 e. The van der Waals surface area contributed by atoms with Crippen LogP contribution < -0.4 is 5.32 Å². The van der Waals surface area contributed by atoms with Crippen LogP contribution in [0, 0.1) is 41.5 Å². The highest BCUT2D eigenvalue weighted by Gasteiger charge is 2.08. The van der Waals surface area contributed by atoms with Crippen molar-refractivity contribution in [1.29, 1.82) is 0 Å². The zero-order chi connectivity index (χ0) is 14.2. The molecule has 0 aliphatic heterocycles. The minimum atomic E-state index is 1.21. The molecule has 0 atom stereocenters. The maximum absolute atomic E-state index is 3.60. The van der Waals surface area contributed by atoms with E-state index in [-0.39, 0.29) is 0 Å². The number of anilines is 2. The van der Waals surface area contributed by atoms with E-state index < -0.39 is 0 Å². The molecule has 0 amide bonds. The molecule has 2 aromatic carbocycles. The molecule has 2 rings (SSSR count). The predicted octanol–water partition coefficient (Wildman–Crippen LogP) is 5.28. The summed E-state index contributed by atoms with van der Waals surface area (Å²) in [5, 5.41) is 3.60. The molecule has 1 N–H and O–H groups in total. The van der Waals surface area contributed by atoms with Crippen LogP contribution in [0.3, 0.4) is 0 Å². The largest absolute Gasteiger partial charge is 0.355 e. The first-order valence-electron chi connectivity index (χ1n) is 6.82. The third-order valence-electron chi connectivity index (χ3n) is 3.99. The van der Waals surface area contributed by atoms with Gasteiger partial charge in [0.05, 0.1) is 0 Å². The Kier molecular flexibility index (Phi) is 3.66. The van der Waals surface area contributed by atoms with E-state index in [2.05, 4.69) is 71.1 Å². The van der Waals surface area contributed by atoms with Gasteiger partial charge in [-0.3, -0.25) is 0 Å². The second kappa shape index (κ2) is 5.08. The quantitative estimate of drug-likeness (QED) is 0.767. The van der Waals surface area contributed by atoms with Crippen molar-refractivity contribution >= 4 is 11.4 Å². The van der Waals surface area contributed by atoms with Crippen LogP contribution in [0.2, 0.25) is 0 Å². The van der Waals surface area contributed by atoms with Crippen molar-refractivity contribution < 1.29 is 0 Å². The summed E-state index contributed by atoms with van der Waals surface area (Å²) in [6.45, 7) is 13.0. The van der Waals surface area contributed by atoms with Crippen LogP contribution in [0.5, 0.6) is 0 Å². The van der Waals surface area contributed by atoms with Gasteiger partial charge < -0.3 is 5.32 Å². The number of hydrogen-bond donors (Lipinski definition) is 1. The van der Waals surface area contributed by atoms with Gasteiger partial charge in [0.25, 0.3) is 0 Å². The third kappa shape index (κ3) is 2.65. The van der Waals surface area contributed by atoms with E-state index in [1.807, 2.05) is 0 Å². The molecule has 0 aromatic heterocycles. The third-order valence-corrected chi connectivity index (χ3v) is 3.99. The lowest BCUT2D eigenvalue weighted by molar-refractivity contribution is 1.25. The first-order chi connectivity index (χ1) is 8.90. The summed E-state index contributed by atoms with van der Waals surface area (Å²) in [5.74, 6) is 0. The standard InChI is InChI=1S/C18H23N/c1-11-9-13(3)18(14(4)10-11)19-17-8-7-12(2)15(5)16(17)6/h7-10,19H,1-6H3.